The van der Waals surface area contributed by atoms with Crippen molar-refractivity contribution < 1.29 is 5.11 Å². The van der Waals surface area contributed by atoms with Crippen LogP contribution in [-0.2, 0) is 0 Å². The molecule has 1 atom stereocenters. The molecule has 0 aliphatic heterocycles. The number of hydrogen-bond donors (Lipinski definition) is 1. The molecule has 34 heavy (non-hydrogen) atoms. The van der Waals surface area contributed by atoms with Crippen molar-refractivity contribution in [3.8, 4) is 0 Å². The van der Waals surface area contributed by atoms with Crippen LogP contribution in [0.3, 0.4) is 0 Å². The SMILES string of the molecule is CCCCCCCCCCCCCCCCCCCC(O)CCCCCCCCCCCCC. The van der Waals surface area contributed by atoms with Crippen molar-refractivity contribution in [1.82, 2.24) is 0 Å². The fraction of sp³-hybridized carbons (Fsp3) is 1.00. The zero-order valence-electron chi connectivity index (χ0n) is 24.2. The summed E-state index contributed by atoms with van der Waals surface area (Å²) in [7, 11) is 0. The molecule has 0 radical (unpaired) electrons. The van der Waals surface area contributed by atoms with Crippen molar-refractivity contribution in [2.75, 3.05) is 0 Å². The van der Waals surface area contributed by atoms with Gasteiger partial charge in [-0.15, -0.1) is 0 Å². The molecule has 0 bridgehead atoms. The first-order valence-corrected chi connectivity index (χ1v) is 16.5. The summed E-state index contributed by atoms with van der Waals surface area (Å²) in [5, 5.41) is 10.2. The normalized spacial score (nSPS) is 12.4. The third kappa shape index (κ3) is 30.0. The second-order valence-corrected chi connectivity index (χ2v) is 11.4. The lowest BCUT2D eigenvalue weighted by molar-refractivity contribution is 0.147. The fourth-order valence-corrected chi connectivity index (χ4v) is 5.29. The molecule has 0 aliphatic carbocycles. The number of aliphatic hydroxyl groups is 1. The molecule has 1 N–H and O–H groups in total. The quantitative estimate of drug-likeness (QED) is 0.101. The third-order valence-corrected chi connectivity index (χ3v) is 7.78. The van der Waals surface area contributed by atoms with E-state index in [1.54, 1.807) is 0 Å². The highest BCUT2D eigenvalue weighted by Gasteiger charge is 2.04. The highest BCUT2D eigenvalue weighted by Crippen LogP contribution is 2.17. The van der Waals surface area contributed by atoms with E-state index in [9.17, 15) is 5.11 Å². The fourth-order valence-electron chi connectivity index (χ4n) is 5.29. The number of hydrogen-bond acceptors (Lipinski definition) is 1. The van der Waals surface area contributed by atoms with E-state index < -0.39 is 0 Å². The first kappa shape index (κ1) is 34.0. The van der Waals surface area contributed by atoms with Gasteiger partial charge in [-0.25, -0.2) is 0 Å². The first-order chi connectivity index (χ1) is 16.8. The minimum atomic E-state index is -0.0325. The van der Waals surface area contributed by atoms with E-state index in [0.717, 1.165) is 12.8 Å². The standard InChI is InChI=1S/C33H68O/c1-3-5-7-9-11-13-15-16-17-18-19-20-22-24-26-28-30-32-33(34)31-29-27-25-23-21-14-12-10-8-6-4-2/h33-34H,3-32H2,1-2H3. The van der Waals surface area contributed by atoms with Crippen molar-refractivity contribution in [1.29, 1.82) is 0 Å². The summed E-state index contributed by atoms with van der Waals surface area (Å²) in [6.07, 6.45) is 41.5. The molecule has 1 nitrogen and oxygen atoms in total. The van der Waals surface area contributed by atoms with Crippen LogP contribution in [-0.4, -0.2) is 11.2 Å². The Balaban J connectivity index is 3.12. The lowest BCUT2D eigenvalue weighted by atomic mass is 10.0. The van der Waals surface area contributed by atoms with Crippen LogP contribution < -0.4 is 0 Å². The Morgan fingerprint density at radius 2 is 0.471 bits per heavy atom. The lowest BCUT2D eigenvalue weighted by Crippen LogP contribution is -2.05. The summed E-state index contributed by atoms with van der Waals surface area (Å²) in [5.74, 6) is 0. The van der Waals surface area contributed by atoms with Gasteiger partial charge in [-0.3, -0.25) is 0 Å². The van der Waals surface area contributed by atoms with Crippen LogP contribution in [0.2, 0.25) is 0 Å². The van der Waals surface area contributed by atoms with Crippen LogP contribution in [0.1, 0.15) is 206 Å². The molecule has 1 heteroatoms. The molecule has 0 amide bonds. The van der Waals surface area contributed by atoms with Crippen molar-refractivity contribution in [2.45, 2.75) is 213 Å². The van der Waals surface area contributed by atoms with Crippen LogP contribution in [0.5, 0.6) is 0 Å². The highest BCUT2D eigenvalue weighted by molar-refractivity contribution is 4.58. The highest BCUT2D eigenvalue weighted by atomic mass is 16.3. The predicted octanol–water partition coefficient (Wildman–Crippen LogP) is 12.1. The van der Waals surface area contributed by atoms with Crippen LogP contribution in [0.4, 0.5) is 0 Å². The van der Waals surface area contributed by atoms with Gasteiger partial charge in [0.1, 0.15) is 0 Å². The van der Waals surface area contributed by atoms with Crippen molar-refractivity contribution in [3.63, 3.8) is 0 Å². The molecule has 0 aliphatic rings. The van der Waals surface area contributed by atoms with Gasteiger partial charge < -0.3 is 5.11 Å². The van der Waals surface area contributed by atoms with E-state index in [1.807, 2.05) is 0 Å². The van der Waals surface area contributed by atoms with E-state index >= 15 is 0 Å². The van der Waals surface area contributed by atoms with Crippen LogP contribution >= 0.6 is 0 Å². The van der Waals surface area contributed by atoms with Gasteiger partial charge in [0, 0.05) is 0 Å². The summed E-state index contributed by atoms with van der Waals surface area (Å²) in [6, 6.07) is 0. The number of unbranched alkanes of at least 4 members (excludes halogenated alkanes) is 26. The minimum Gasteiger partial charge on any atom is -0.393 e. The van der Waals surface area contributed by atoms with Crippen LogP contribution in [0.15, 0.2) is 0 Å². The van der Waals surface area contributed by atoms with E-state index in [1.165, 1.54) is 180 Å². The van der Waals surface area contributed by atoms with E-state index in [4.69, 9.17) is 0 Å². The maximum absolute atomic E-state index is 10.2. The van der Waals surface area contributed by atoms with Gasteiger partial charge >= 0.3 is 0 Å². The predicted molar refractivity (Wildman–Crippen MR) is 156 cm³/mol. The molecular weight excluding hydrogens is 412 g/mol. The zero-order chi connectivity index (χ0) is 24.8. The summed E-state index contributed by atoms with van der Waals surface area (Å²) >= 11 is 0. The molecule has 0 heterocycles. The number of rotatable bonds is 30. The minimum absolute atomic E-state index is 0.0325. The van der Waals surface area contributed by atoms with Gasteiger partial charge in [-0.1, -0.05) is 194 Å². The molecule has 0 aromatic heterocycles. The van der Waals surface area contributed by atoms with Gasteiger partial charge in [0.2, 0.25) is 0 Å². The molecule has 0 spiro atoms. The monoisotopic (exact) mass is 481 g/mol. The van der Waals surface area contributed by atoms with E-state index in [-0.39, 0.29) is 6.10 Å². The lowest BCUT2D eigenvalue weighted by Gasteiger charge is -2.10. The Morgan fingerprint density at radius 1 is 0.294 bits per heavy atom. The number of aliphatic hydroxyl groups excluding tert-OH is 1. The summed E-state index contributed by atoms with van der Waals surface area (Å²) in [4.78, 5) is 0. The average molecular weight is 481 g/mol. The molecule has 206 valence electrons. The molecule has 0 aromatic carbocycles. The molecule has 0 saturated carbocycles. The van der Waals surface area contributed by atoms with Gasteiger partial charge in [0.05, 0.1) is 6.10 Å². The maximum Gasteiger partial charge on any atom is 0.0540 e. The zero-order valence-corrected chi connectivity index (χ0v) is 24.2. The van der Waals surface area contributed by atoms with Crippen LogP contribution in [0, 0.1) is 0 Å². The van der Waals surface area contributed by atoms with Crippen LogP contribution in [0.25, 0.3) is 0 Å². The van der Waals surface area contributed by atoms with Crippen molar-refractivity contribution >= 4 is 0 Å². The Labute approximate surface area is 217 Å². The molecule has 1 unspecified atom stereocenters. The maximum atomic E-state index is 10.2. The van der Waals surface area contributed by atoms with Gasteiger partial charge in [-0.2, -0.15) is 0 Å². The largest absolute Gasteiger partial charge is 0.393 e. The Bertz CT molecular complexity index is 339. The average Bonchev–Trinajstić information content (AvgIpc) is 2.84. The van der Waals surface area contributed by atoms with Gasteiger partial charge in [0.25, 0.3) is 0 Å². The third-order valence-electron chi connectivity index (χ3n) is 7.78. The molecule has 0 rings (SSSR count). The summed E-state index contributed by atoms with van der Waals surface area (Å²) in [5.41, 5.74) is 0. The molecular formula is C33H68O. The molecule has 0 fully saturated rings. The Kier molecular flexibility index (Phi) is 31.0. The second kappa shape index (κ2) is 31.0. The van der Waals surface area contributed by atoms with Gasteiger partial charge in [-0.05, 0) is 12.8 Å². The van der Waals surface area contributed by atoms with Crippen molar-refractivity contribution in [2.24, 2.45) is 0 Å². The smallest absolute Gasteiger partial charge is 0.0540 e. The van der Waals surface area contributed by atoms with E-state index in [2.05, 4.69) is 13.8 Å². The topological polar surface area (TPSA) is 20.2 Å². The Morgan fingerprint density at radius 3 is 0.676 bits per heavy atom. The Hall–Kier alpha value is -0.0400. The van der Waals surface area contributed by atoms with Gasteiger partial charge in [0.15, 0.2) is 0 Å². The molecule has 0 saturated heterocycles. The summed E-state index contributed by atoms with van der Waals surface area (Å²) < 4.78 is 0. The first-order valence-electron chi connectivity index (χ1n) is 16.5. The second-order valence-electron chi connectivity index (χ2n) is 11.4. The molecule has 0 aromatic rings. The van der Waals surface area contributed by atoms with E-state index in [0.29, 0.717) is 0 Å². The van der Waals surface area contributed by atoms with Crippen molar-refractivity contribution in [3.05, 3.63) is 0 Å². The summed E-state index contributed by atoms with van der Waals surface area (Å²) in [6.45, 7) is 4.59.